The lowest BCUT2D eigenvalue weighted by Gasteiger charge is -2.26. The van der Waals surface area contributed by atoms with Crippen LogP contribution in [-0.4, -0.2) is 25.8 Å². The summed E-state index contributed by atoms with van der Waals surface area (Å²) in [5.41, 5.74) is 7.37. The van der Waals surface area contributed by atoms with E-state index in [1.54, 1.807) is 18.2 Å². The van der Waals surface area contributed by atoms with Crippen LogP contribution in [0.1, 0.15) is 18.9 Å². The maximum Gasteiger partial charge on any atom is 0.243 e. The molecule has 0 aliphatic carbocycles. The number of nitrogens with zero attached hydrogens (tertiary/aromatic N) is 1. The van der Waals surface area contributed by atoms with E-state index in [-0.39, 0.29) is 6.54 Å². The van der Waals surface area contributed by atoms with Gasteiger partial charge < -0.3 is 5.73 Å². The number of rotatable bonds is 3. The molecule has 2 N–H and O–H groups in total. The maximum atomic E-state index is 12.6. The van der Waals surface area contributed by atoms with E-state index in [2.05, 4.69) is 6.08 Å². The Bertz CT molecular complexity index is 564. The lowest BCUT2D eigenvalue weighted by Crippen LogP contribution is -2.36. The van der Waals surface area contributed by atoms with Crippen LogP contribution in [0, 0.1) is 0 Å². The molecule has 1 aromatic carbocycles. The zero-order chi connectivity index (χ0) is 13.2. The first-order chi connectivity index (χ1) is 8.55. The molecule has 0 aromatic heterocycles. The normalized spacial score (nSPS) is 17.6. The van der Waals surface area contributed by atoms with Crippen LogP contribution in [0.25, 0.3) is 0 Å². The Labute approximate surface area is 108 Å². The molecule has 0 spiro atoms. The van der Waals surface area contributed by atoms with E-state index < -0.39 is 10.0 Å². The van der Waals surface area contributed by atoms with E-state index in [0.717, 1.165) is 12.0 Å². The summed E-state index contributed by atoms with van der Waals surface area (Å²) in [6.45, 7) is 3.20. The van der Waals surface area contributed by atoms with Gasteiger partial charge in [-0.25, -0.2) is 8.42 Å². The third-order valence-electron chi connectivity index (χ3n) is 3.11. The number of sulfonamides is 1. The third-order valence-corrected chi connectivity index (χ3v) is 5.05. The molecule has 1 aliphatic heterocycles. The van der Waals surface area contributed by atoms with Crippen LogP contribution in [0.15, 0.2) is 40.8 Å². The van der Waals surface area contributed by atoms with Crippen molar-refractivity contribution in [3.63, 3.8) is 0 Å². The number of hydrogen-bond acceptors (Lipinski definition) is 3. The topological polar surface area (TPSA) is 63.4 Å². The minimum Gasteiger partial charge on any atom is -0.326 e. The van der Waals surface area contributed by atoms with Crippen molar-refractivity contribution in [2.75, 3.05) is 13.1 Å². The summed E-state index contributed by atoms with van der Waals surface area (Å²) in [5, 5.41) is 0. The van der Waals surface area contributed by atoms with Gasteiger partial charge in [0.05, 0.1) is 4.90 Å². The van der Waals surface area contributed by atoms with Crippen molar-refractivity contribution in [3.8, 4) is 0 Å². The van der Waals surface area contributed by atoms with Gasteiger partial charge in [0.2, 0.25) is 10.0 Å². The predicted octanol–water partition coefficient (Wildman–Crippen LogP) is 1.49. The van der Waals surface area contributed by atoms with Gasteiger partial charge in [-0.2, -0.15) is 4.31 Å². The molecule has 4 nitrogen and oxygen atoms in total. The monoisotopic (exact) mass is 266 g/mol. The van der Waals surface area contributed by atoms with E-state index in [1.807, 2.05) is 13.0 Å². The van der Waals surface area contributed by atoms with Gasteiger partial charge in [-0.1, -0.05) is 29.8 Å². The average Bonchev–Trinajstić information content (AvgIpc) is 2.38. The van der Waals surface area contributed by atoms with Gasteiger partial charge in [-0.3, -0.25) is 0 Å². The van der Waals surface area contributed by atoms with E-state index >= 15 is 0 Å². The molecular formula is C13H18N2O2S. The largest absolute Gasteiger partial charge is 0.326 e. The SMILES string of the molecule is CC1=CCCN(S(=O)(=O)c2ccccc2CN)C1. The molecule has 5 heteroatoms. The maximum absolute atomic E-state index is 12.6. The molecular weight excluding hydrogens is 248 g/mol. The Balaban J connectivity index is 2.39. The second-order valence-corrected chi connectivity index (χ2v) is 6.40. The van der Waals surface area contributed by atoms with Crippen LogP contribution < -0.4 is 5.73 Å². The molecule has 0 atom stereocenters. The smallest absolute Gasteiger partial charge is 0.243 e. The molecule has 1 aromatic rings. The molecule has 0 bridgehead atoms. The fraction of sp³-hybridized carbons (Fsp3) is 0.385. The van der Waals surface area contributed by atoms with Crippen LogP contribution in [0.5, 0.6) is 0 Å². The highest BCUT2D eigenvalue weighted by molar-refractivity contribution is 7.89. The third kappa shape index (κ3) is 2.48. The van der Waals surface area contributed by atoms with Gasteiger partial charge in [-0.15, -0.1) is 0 Å². The molecule has 98 valence electrons. The lowest BCUT2D eigenvalue weighted by molar-refractivity contribution is 0.427. The van der Waals surface area contributed by atoms with Gasteiger partial charge in [0, 0.05) is 19.6 Å². The average molecular weight is 266 g/mol. The first-order valence-electron chi connectivity index (χ1n) is 5.99. The van der Waals surface area contributed by atoms with E-state index in [9.17, 15) is 8.42 Å². The quantitative estimate of drug-likeness (QED) is 0.843. The first-order valence-corrected chi connectivity index (χ1v) is 7.43. The molecule has 0 radical (unpaired) electrons. The van der Waals surface area contributed by atoms with Gasteiger partial charge in [0.25, 0.3) is 0 Å². The zero-order valence-electron chi connectivity index (χ0n) is 10.5. The molecule has 1 aliphatic rings. The van der Waals surface area contributed by atoms with Gasteiger partial charge in [0.15, 0.2) is 0 Å². The minimum atomic E-state index is -3.43. The lowest BCUT2D eigenvalue weighted by atomic mass is 10.2. The summed E-state index contributed by atoms with van der Waals surface area (Å²) in [4.78, 5) is 0.335. The highest BCUT2D eigenvalue weighted by atomic mass is 32.2. The zero-order valence-corrected chi connectivity index (χ0v) is 11.3. The van der Waals surface area contributed by atoms with Crippen LogP contribution in [0.3, 0.4) is 0 Å². The van der Waals surface area contributed by atoms with Crippen molar-refractivity contribution in [1.29, 1.82) is 0 Å². The Morgan fingerprint density at radius 3 is 2.72 bits per heavy atom. The Kier molecular flexibility index (Phi) is 3.85. The first kappa shape index (κ1) is 13.3. The Morgan fingerprint density at radius 2 is 2.06 bits per heavy atom. The summed E-state index contributed by atoms with van der Waals surface area (Å²) in [7, 11) is -3.43. The summed E-state index contributed by atoms with van der Waals surface area (Å²) in [5.74, 6) is 0. The van der Waals surface area contributed by atoms with Crippen molar-refractivity contribution in [2.45, 2.75) is 24.8 Å². The highest BCUT2D eigenvalue weighted by Crippen LogP contribution is 2.23. The molecule has 0 unspecified atom stereocenters. The van der Waals surface area contributed by atoms with Crippen LogP contribution in [-0.2, 0) is 16.6 Å². The van der Waals surface area contributed by atoms with Gasteiger partial charge >= 0.3 is 0 Å². The van der Waals surface area contributed by atoms with Crippen LogP contribution in [0.2, 0.25) is 0 Å². The predicted molar refractivity (Wildman–Crippen MR) is 71.5 cm³/mol. The molecule has 2 rings (SSSR count). The van der Waals surface area contributed by atoms with E-state index in [1.165, 1.54) is 4.31 Å². The van der Waals surface area contributed by atoms with Crippen molar-refractivity contribution in [1.82, 2.24) is 4.31 Å². The number of benzene rings is 1. The second-order valence-electron chi connectivity index (χ2n) is 4.49. The molecule has 18 heavy (non-hydrogen) atoms. The molecule has 0 fully saturated rings. The van der Waals surface area contributed by atoms with Gasteiger partial charge in [-0.05, 0) is 25.0 Å². The summed E-state index contributed by atoms with van der Waals surface area (Å²) < 4.78 is 26.6. The van der Waals surface area contributed by atoms with Crippen molar-refractivity contribution in [3.05, 3.63) is 41.5 Å². The molecule has 0 saturated heterocycles. The molecule has 0 saturated carbocycles. The van der Waals surface area contributed by atoms with Crippen LogP contribution in [0.4, 0.5) is 0 Å². The Morgan fingerprint density at radius 1 is 1.33 bits per heavy atom. The number of nitrogens with two attached hydrogens (primary N) is 1. The van der Waals surface area contributed by atoms with E-state index in [4.69, 9.17) is 5.73 Å². The summed E-state index contributed by atoms with van der Waals surface area (Å²) in [6.07, 6.45) is 2.86. The Hall–Kier alpha value is -1.17. The van der Waals surface area contributed by atoms with Gasteiger partial charge in [0.1, 0.15) is 0 Å². The fourth-order valence-corrected chi connectivity index (χ4v) is 3.88. The summed E-state index contributed by atoms with van der Waals surface area (Å²) >= 11 is 0. The van der Waals surface area contributed by atoms with E-state index in [0.29, 0.717) is 23.5 Å². The van der Waals surface area contributed by atoms with Crippen molar-refractivity contribution >= 4 is 10.0 Å². The van der Waals surface area contributed by atoms with Crippen LogP contribution >= 0.6 is 0 Å². The van der Waals surface area contributed by atoms with Crippen molar-refractivity contribution < 1.29 is 8.42 Å². The molecule has 1 heterocycles. The fourth-order valence-electron chi connectivity index (χ4n) is 2.15. The standard InChI is InChI=1S/C13H18N2O2S/c1-11-5-4-8-15(10-11)18(16,17)13-7-3-2-6-12(13)9-14/h2-3,5-7H,4,8-10,14H2,1H3. The number of hydrogen-bond donors (Lipinski definition) is 1. The highest BCUT2D eigenvalue weighted by Gasteiger charge is 2.27. The molecule has 0 amide bonds. The minimum absolute atomic E-state index is 0.234. The summed E-state index contributed by atoms with van der Waals surface area (Å²) in [6, 6.07) is 6.94. The van der Waals surface area contributed by atoms with Crippen molar-refractivity contribution in [2.24, 2.45) is 5.73 Å². The second kappa shape index (κ2) is 5.22.